The van der Waals surface area contributed by atoms with Gasteiger partial charge in [0.25, 0.3) is 0 Å². The van der Waals surface area contributed by atoms with Gasteiger partial charge in [0.1, 0.15) is 5.75 Å². The topological polar surface area (TPSA) is 41.5 Å². The molecule has 2 atom stereocenters. The first kappa shape index (κ1) is 11.2. The van der Waals surface area contributed by atoms with Gasteiger partial charge in [-0.1, -0.05) is 24.3 Å². The number of aliphatic hydroxyl groups is 1. The Morgan fingerprint density at radius 3 is 2.75 bits per heavy atom. The maximum atomic E-state index is 9.30. The van der Waals surface area contributed by atoms with Crippen molar-refractivity contribution in [2.24, 2.45) is 0 Å². The lowest BCUT2D eigenvalue weighted by Gasteiger charge is -2.27. The van der Waals surface area contributed by atoms with Gasteiger partial charge in [-0.15, -0.1) is 0 Å². The van der Waals surface area contributed by atoms with Gasteiger partial charge in [-0.05, 0) is 17.7 Å². The number of aliphatic hydroxyl groups excluding tert-OH is 1. The smallest absolute Gasteiger partial charge is 0.118 e. The summed E-state index contributed by atoms with van der Waals surface area (Å²) in [4.78, 5) is 0. The van der Waals surface area contributed by atoms with E-state index in [-0.39, 0.29) is 18.6 Å². The third-order valence-corrected chi connectivity index (χ3v) is 2.97. The van der Waals surface area contributed by atoms with E-state index in [1.807, 2.05) is 24.3 Å². The highest BCUT2D eigenvalue weighted by atomic mass is 16.5. The van der Waals surface area contributed by atoms with E-state index >= 15 is 0 Å². The fraction of sp³-hybridized carbons (Fsp3) is 0.385. The van der Waals surface area contributed by atoms with Crippen LogP contribution in [0.4, 0.5) is 0 Å². The van der Waals surface area contributed by atoms with Crippen LogP contribution in [0, 0.1) is 0 Å². The SMILES string of the molecule is COc1ccc([C@@H]2C=CCNC2CO)cc1. The molecule has 0 saturated heterocycles. The molecule has 3 heteroatoms. The molecule has 0 radical (unpaired) electrons. The highest BCUT2D eigenvalue weighted by Crippen LogP contribution is 2.25. The quantitative estimate of drug-likeness (QED) is 0.753. The second kappa shape index (κ2) is 5.14. The molecule has 0 aliphatic carbocycles. The van der Waals surface area contributed by atoms with Gasteiger partial charge in [-0.25, -0.2) is 0 Å². The Morgan fingerprint density at radius 2 is 2.12 bits per heavy atom. The summed E-state index contributed by atoms with van der Waals surface area (Å²) >= 11 is 0. The summed E-state index contributed by atoms with van der Waals surface area (Å²) in [6.45, 7) is 0.985. The van der Waals surface area contributed by atoms with E-state index < -0.39 is 0 Å². The largest absolute Gasteiger partial charge is 0.497 e. The second-order valence-electron chi connectivity index (χ2n) is 3.92. The molecule has 0 bridgehead atoms. The summed E-state index contributed by atoms with van der Waals surface area (Å²) in [5, 5.41) is 12.6. The van der Waals surface area contributed by atoms with Crippen LogP contribution in [0.2, 0.25) is 0 Å². The van der Waals surface area contributed by atoms with E-state index in [4.69, 9.17) is 4.74 Å². The monoisotopic (exact) mass is 219 g/mol. The summed E-state index contributed by atoms with van der Waals surface area (Å²) in [6.07, 6.45) is 4.25. The lowest BCUT2D eigenvalue weighted by Crippen LogP contribution is -2.40. The van der Waals surface area contributed by atoms with Crippen LogP contribution in [0.25, 0.3) is 0 Å². The van der Waals surface area contributed by atoms with Crippen molar-refractivity contribution in [2.75, 3.05) is 20.3 Å². The van der Waals surface area contributed by atoms with Crippen molar-refractivity contribution < 1.29 is 9.84 Å². The van der Waals surface area contributed by atoms with E-state index in [0.29, 0.717) is 0 Å². The lowest BCUT2D eigenvalue weighted by molar-refractivity contribution is 0.233. The van der Waals surface area contributed by atoms with E-state index in [1.165, 1.54) is 5.56 Å². The molecule has 0 fully saturated rings. The fourth-order valence-corrected chi connectivity index (χ4v) is 2.04. The number of benzene rings is 1. The van der Waals surface area contributed by atoms with Gasteiger partial charge in [0.15, 0.2) is 0 Å². The summed E-state index contributed by atoms with van der Waals surface area (Å²) in [6, 6.07) is 8.10. The molecule has 0 saturated carbocycles. The molecule has 3 nitrogen and oxygen atoms in total. The first-order valence-electron chi connectivity index (χ1n) is 5.50. The first-order chi connectivity index (χ1) is 7.85. The van der Waals surface area contributed by atoms with Gasteiger partial charge < -0.3 is 15.2 Å². The molecule has 2 rings (SSSR count). The number of ether oxygens (including phenoxy) is 1. The van der Waals surface area contributed by atoms with Crippen molar-refractivity contribution >= 4 is 0 Å². The first-order valence-corrected chi connectivity index (χ1v) is 5.50. The maximum absolute atomic E-state index is 9.30. The van der Waals surface area contributed by atoms with Crippen molar-refractivity contribution in [1.82, 2.24) is 5.32 Å². The Kier molecular flexibility index (Phi) is 3.59. The number of nitrogens with one attached hydrogen (secondary N) is 1. The van der Waals surface area contributed by atoms with Crippen LogP contribution in [0.1, 0.15) is 11.5 Å². The minimum Gasteiger partial charge on any atom is -0.497 e. The maximum Gasteiger partial charge on any atom is 0.118 e. The number of rotatable bonds is 3. The summed E-state index contributed by atoms with van der Waals surface area (Å²) in [5.41, 5.74) is 1.20. The number of hydrogen-bond acceptors (Lipinski definition) is 3. The van der Waals surface area contributed by atoms with Gasteiger partial charge in [-0.3, -0.25) is 0 Å². The molecule has 1 aromatic carbocycles. The Labute approximate surface area is 95.7 Å². The normalized spacial score (nSPS) is 24.4. The molecule has 86 valence electrons. The van der Waals surface area contributed by atoms with E-state index in [9.17, 15) is 5.11 Å². The summed E-state index contributed by atoms with van der Waals surface area (Å²) < 4.78 is 5.13. The summed E-state index contributed by atoms with van der Waals surface area (Å²) in [7, 11) is 1.66. The molecule has 0 spiro atoms. The predicted molar refractivity (Wildman–Crippen MR) is 63.8 cm³/mol. The van der Waals surface area contributed by atoms with Crippen LogP contribution < -0.4 is 10.1 Å². The van der Waals surface area contributed by atoms with Crippen LogP contribution in [-0.4, -0.2) is 31.4 Å². The molecule has 1 aromatic rings. The minimum atomic E-state index is 0.110. The van der Waals surface area contributed by atoms with Crippen molar-refractivity contribution in [3.63, 3.8) is 0 Å². The molecular formula is C13H17NO2. The average molecular weight is 219 g/mol. The third-order valence-electron chi connectivity index (χ3n) is 2.97. The zero-order valence-electron chi connectivity index (χ0n) is 9.39. The fourth-order valence-electron chi connectivity index (χ4n) is 2.04. The minimum absolute atomic E-state index is 0.110. The lowest BCUT2D eigenvalue weighted by atomic mass is 9.89. The molecule has 1 heterocycles. The molecule has 0 aromatic heterocycles. The molecule has 1 unspecified atom stereocenters. The van der Waals surface area contributed by atoms with Gasteiger partial charge in [0, 0.05) is 18.5 Å². The molecule has 2 N–H and O–H groups in total. The van der Waals surface area contributed by atoms with Gasteiger partial charge in [-0.2, -0.15) is 0 Å². The van der Waals surface area contributed by atoms with Crippen LogP contribution in [0.5, 0.6) is 5.75 Å². The van der Waals surface area contributed by atoms with E-state index in [1.54, 1.807) is 7.11 Å². The average Bonchev–Trinajstić information content (AvgIpc) is 2.39. The van der Waals surface area contributed by atoms with Crippen molar-refractivity contribution in [3.05, 3.63) is 42.0 Å². The Balaban J connectivity index is 2.20. The van der Waals surface area contributed by atoms with Gasteiger partial charge in [0.2, 0.25) is 0 Å². The van der Waals surface area contributed by atoms with Crippen molar-refractivity contribution in [3.8, 4) is 5.75 Å². The molecule has 16 heavy (non-hydrogen) atoms. The Morgan fingerprint density at radius 1 is 1.38 bits per heavy atom. The van der Waals surface area contributed by atoms with Crippen molar-refractivity contribution in [2.45, 2.75) is 12.0 Å². The van der Waals surface area contributed by atoms with Gasteiger partial charge >= 0.3 is 0 Å². The van der Waals surface area contributed by atoms with Crippen LogP contribution in [0.3, 0.4) is 0 Å². The zero-order valence-corrected chi connectivity index (χ0v) is 9.39. The van der Waals surface area contributed by atoms with Crippen molar-refractivity contribution in [1.29, 1.82) is 0 Å². The molecular weight excluding hydrogens is 202 g/mol. The number of hydrogen-bond donors (Lipinski definition) is 2. The molecule has 1 aliphatic heterocycles. The van der Waals surface area contributed by atoms with Crippen LogP contribution in [-0.2, 0) is 0 Å². The Hall–Kier alpha value is -1.32. The number of methoxy groups -OCH3 is 1. The molecule has 0 amide bonds. The second-order valence-corrected chi connectivity index (χ2v) is 3.92. The summed E-state index contributed by atoms with van der Waals surface area (Å²) in [5.74, 6) is 1.10. The zero-order chi connectivity index (χ0) is 11.4. The highest BCUT2D eigenvalue weighted by molar-refractivity contribution is 5.33. The standard InChI is InChI=1S/C13H17NO2/c1-16-11-6-4-10(5-7-11)12-3-2-8-14-13(12)9-15/h2-7,12-15H,8-9H2,1H3/t12-,13?/m0/s1. The Bertz CT molecular complexity index is 359. The van der Waals surface area contributed by atoms with Crippen LogP contribution in [0.15, 0.2) is 36.4 Å². The van der Waals surface area contributed by atoms with Crippen LogP contribution >= 0.6 is 0 Å². The van der Waals surface area contributed by atoms with Gasteiger partial charge in [0.05, 0.1) is 13.7 Å². The predicted octanol–water partition coefficient (Wildman–Crippen LogP) is 1.30. The van der Waals surface area contributed by atoms with E-state index in [0.717, 1.165) is 12.3 Å². The highest BCUT2D eigenvalue weighted by Gasteiger charge is 2.21. The molecule has 1 aliphatic rings. The van der Waals surface area contributed by atoms with E-state index in [2.05, 4.69) is 17.5 Å². The third kappa shape index (κ3) is 2.26.